The molecule has 4 heterocycles. The van der Waals surface area contributed by atoms with Crippen LogP contribution >= 0.6 is 11.3 Å². The largest absolute Gasteiger partial charge is 0.483 e. The molecule has 0 saturated carbocycles. The van der Waals surface area contributed by atoms with Gasteiger partial charge in [0.15, 0.2) is 0 Å². The number of carbonyl (C=O) groups excluding carboxylic acids is 1. The van der Waals surface area contributed by atoms with E-state index in [0.717, 1.165) is 48.3 Å². The van der Waals surface area contributed by atoms with Crippen LogP contribution in [0.4, 0.5) is 0 Å². The molecule has 0 radical (unpaired) electrons. The Morgan fingerprint density at radius 3 is 2.56 bits per heavy atom. The Hall–Kier alpha value is -2.83. The standard InChI is InChI=1S/C18H25N5O2S.2CH2O2/c1-12-17(20-11-19-12)7-22-4-14-5-23(16(6-22)9-25-8-14)18(24)3-15-10-26-13(2)21-15;2*2-1-3/h10-11,14,16H,3-9H2,1-2H3,(H,19,20);2*1H,(H,2,3)/t14-,16-;;/m0../s1. The number of amides is 1. The Kier molecular flexibility index (Phi) is 10.2. The maximum atomic E-state index is 12.9. The zero-order valence-corrected chi connectivity index (χ0v) is 19.0. The number of carboxylic acid groups (broad SMARTS) is 2. The van der Waals surface area contributed by atoms with Crippen molar-refractivity contribution in [3.8, 4) is 0 Å². The van der Waals surface area contributed by atoms with E-state index >= 15 is 0 Å². The molecule has 4 rings (SSSR count). The van der Waals surface area contributed by atoms with E-state index in [1.807, 2.05) is 17.2 Å². The average molecular weight is 468 g/mol. The fourth-order valence-electron chi connectivity index (χ4n) is 3.88. The Morgan fingerprint density at radius 1 is 1.25 bits per heavy atom. The molecule has 0 aromatic carbocycles. The highest BCUT2D eigenvalue weighted by molar-refractivity contribution is 7.09. The number of fused-ring (bicyclic) bond motifs is 3. The van der Waals surface area contributed by atoms with Gasteiger partial charge in [-0.15, -0.1) is 11.3 Å². The van der Waals surface area contributed by atoms with Gasteiger partial charge in [0.05, 0.1) is 48.4 Å². The van der Waals surface area contributed by atoms with Crippen LogP contribution in [0.25, 0.3) is 0 Å². The van der Waals surface area contributed by atoms with Gasteiger partial charge < -0.3 is 24.8 Å². The van der Waals surface area contributed by atoms with Crippen LogP contribution in [0, 0.1) is 19.8 Å². The molecule has 2 saturated heterocycles. The van der Waals surface area contributed by atoms with Gasteiger partial charge >= 0.3 is 0 Å². The van der Waals surface area contributed by atoms with Crippen LogP contribution < -0.4 is 0 Å². The molecule has 0 unspecified atom stereocenters. The van der Waals surface area contributed by atoms with Gasteiger partial charge in [-0.3, -0.25) is 19.3 Å². The highest BCUT2D eigenvalue weighted by Crippen LogP contribution is 2.22. The van der Waals surface area contributed by atoms with Gasteiger partial charge in [-0.2, -0.15) is 0 Å². The summed E-state index contributed by atoms with van der Waals surface area (Å²) in [6, 6.07) is 0.0916. The van der Waals surface area contributed by atoms with Crippen LogP contribution in [0.3, 0.4) is 0 Å². The molecule has 11 nitrogen and oxygen atoms in total. The summed E-state index contributed by atoms with van der Waals surface area (Å²) in [7, 11) is 0. The highest BCUT2D eigenvalue weighted by Gasteiger charge is 2.36. The molecule has 2 aromatic rings. The predicted octanol–water partition coefficient (Wildman–Crippen LogP) is 0.787. The number of thiazole rings is 1. The quantitative estimate of drug-likeness (QED) is 0.555. The van der Waals surface area contributed by atoms with Crippen molar-refractivity contribution in [2.45, 2.75) is 32.9 Å². The van der Waals surface area contributed by atoms with Gasteiger partial charge in [0, 0.05) is 43.2 Å². The number of ether oxygens (including phenoxy) is 1. The van der Waals surface area contributed by atoms with Crippen molar-refractivity contribution in [3.63, 3.8) is 0 Å². The number of hydrogen-bond donors (Lipinski definition) is 3. The van der Waals surface area contributed by atoms with E-state index < -0.39 is 0 Å². The predicted molar refractivity (Wildman–Crippen MR) is 116 cm³/mol. The van der Waals surface area contributed by atoms with Gasteiger partial charge in [-0.1, -0.05) is 0 Å². The molecule has 32 heavy (non-hydrogen) atoms. The van der Waals surface area contributed by atoms with Crippen molar-refractivity contribution >= 4 is 30.2 Å². The van der Waals surface area contributed by atoms with Crippen molar-refractivity contribution in [3.05, 3.63) is 33.8 Å². The Balaban J connectivity index is 0.000000547. The number of carbonyl (C=O) groups is 3. The second-order valence-corrected chi connectivity index (χ2v) is 8.58. The lowest BCUT2D eigenvalue weighted by molar-refractivity contribution is -0.133. The first-order chi connectivity index (χ1) is 15.4. The monoisotopic (exact) mass is 467 g/mol. The minimum absolute atomic E-state index is 0.0916. The number of aromatic amines is 1. The SMILES string of the molecule is Cc1nc(CC(=O)N2C[C@H]3COC[C@@H]2CN(Cc2nc[nH]c2C)C3)cs1.O=CO.O=CO. The highest BCUT2D eigenvalue weighted by atomic mass is 32.1. The second kappa shape index (κ2) is 12.9. The van der Waals surface area contributed by atoms with Crippen molar-refractivity contribution in [2.75, 3.05) is 32.8 Å². The number of aryl methyl sites for hydroxylation is 2. The van der Waals surface area contributed by atoms with Gasteiger partial charge in [-0.25, -0.2) is 9.97 Å². The first kappa shape index (κ1) is 25.4. The summed E-state index contributed by atoms with van der Waals surface area (Å²) in [5, 5.41) is 16.8. The number of nitrogens with one attached hydrogen (secondary N) is 1. The summed E-state index contributed by atoms with van der Waals surface area (Å²) in [4.78, 5) is 46.1. The van der Waals surface area contributed by atoms with Gasteiger partial charge in [-0.05, 0) is 13.8 Å². The van der Waals surface area contributed by atoms with Crippen LogP contribution in [0.5, 0.6) is 0 Å². The maximum absolute atomic E-state index is 12.9. The summed E-state index contributed by atoms with van der Waals surface area (Å²) in [5.41, 5.74) is 3.07. The lowest BCUT2D eigenvalue weighted by atomic mass is 10.1. The summed E-state index contributed by atoms with van der Waals surface area (Å²) in [6.07, 6.45) is 2.13. The van der Waals surface area contributed by atoms with E-state index in [0.29, 0.717) is 25.6 Å². The van der Waals surface area contributed by atoms with Crippen molar-refractivity contribution in [2.24, 2.45) is 5.92 Å². The molecule has 0 aliphatic carbocycles. The summed E-state index contributed by atoms with van der Waals surface area (Å²) >= 11 is 1.60. The van der Waals surface area contributed by atoms with Gasteiger partial charge in [0.2, 0.25) is 5.91 Å². The number of nitrogens with zero attached hydrogens (tertiary/aromatic N) is 4. The van der Waals surface area contributed by atoms with E-state index in [1.54, 1.807) is 17.7 Å². The first-order valence-electron chi connectivity index (χ1n) is 10.1. The topological polar surface area (TPSA) is 149 Å². The fourth-order valence-corrected chi connectivity index (χ4v) is 4.49. The molecule has 2 aliphatic rings. The molecule has 12 heteroatoms. The lowest BCUT2D eigenvalue weighted by Crippen LogP contribution is -2.47. The lowest BCUT2D eigenvalue weighted by Gasteiger charge is -2.31. The molecule has 1 amide bonds. The van der Waals surface area contributed by atoms with Crippen molar-refractivity contribution in [1.29, 1.82) is 0 Å². The van der Waals surface area contributed by atoms with E-state index in [2.05, 4.69) is 26.8 Å². The van der Waals surface area contributed by atoms with Gasteiger partial charge in [0.1, 0.15) is 0 Å². The van der Waals surface area contributed by atoms with Crippen molar-refractivity contribution < 1.29 is 29.3 Å². The maximum Gasteiger partial charge on any atom is 0.290 e. The smallest absolute Gasteiger partial charge is 0.290 e. The minimum atomic E-state index is -0.250. The average Bonchev–Trinajstić information content (AvgIpc) is 3.19. The number of hydrogen-bond acceptors (Lipinski definition) is 8. The third-order valence-electron chi connectivity index (χ3n) is 5.17. The normalized spacial score (nSPS) is 20.1. The third kappa shape index (κ3) is 7.39. The molecular formula is C20H29N5O6S. The zero-order valence-electron chi connectivity index (χ0n) is 18.1. The molecule has 2 fully saturated rings. The molecule has 3 N–H and O–H groups in total. The fraction of sp³-hybridized carbons (Fsp3) is 0.550. The van der Waals surface area contributed by atoms with Crippen LogP contribution in [-0.2, 0) is 32.1 Å². The molecule has 0 spiro atoms. The van der Waals surface area contributed by atoms with E-state index in [-0.39, 0.29) is 24.9 Å². The molecule has 2 atom stereocenters. The Morgan fingerprint density at radius 2 is 1.97 bits per heavy atom. The third-order valence-corrected chi connectivity index (χ3v) is 5.99. The number of H-pyrrole nitrogens is 1. The van der Waals surface area contributed by atoms with Crippen molar-refractivity contribution in [1.82, 2.24) is 24.8 Å². The van der Waals surface area contributed by atoms with Crippen LogP contribution in [-0.4, -0.2) is 92.7 Å². The molecule has 176 valence electrons. The number of rotatable bonds is 4. The van der Waals surface area contributed by atoms with E-state index in [9.17, 15) is 4.79 Å². The van der Waals surface area contributed by atoms with Crippen LogP contribution in [0.2, 0.25) is 0 Å². The molecular weight excluding hydrogens is 438 g/mol. The van der Waals surface area contributed by atoms with E-state index in [4.69, 9.17) is 24.5 Å². The van der Waals surface area contributed by atoms with Crippen LogP contribution in [0.1, 0.15) is 22.1 Å². The molecule has 2 bridgehead atoms. The summed E-state index contributed by atoms with van der Waals surface area (Å²) < 4.78 is 5.85. The van der Waals surface area contributed by atoms with Crippen LogP contribution in [0.15, 0.2) is 11.7 Å². The zero-order chi connectivity index (χ0) is 23.5. The number of aromatic nitrogens is 3. The summed E-state index contributed by atoms with van der Waals surface area (Å²) in [5.74, 6) is 0.497. The second-order valence-electron chi connectivity index (χ2n) is 7.52. The summed E-state index contributed by atoms with van der Waals surface area (Å²) in [6.45, 7) is 8.18. The Bertz CT molecular complexity index is 866. The molecule has 2 aliphatic heterocycles. The molecule has 2 aromatic heterocycles. The Labute approximate surface area is 190 Å². The van der Waals surface area contributed by atoms with Gasteiger partial charge in [0.25, 0.3) is 12.9 Å². The minimum Gasteiger partial charge on any atom is -0.483 e. The number of imidazole rings is 1. The first-order valence-corrected chi connectivity index (χ1v) is 10.9. The van der Waals surface area contributed by atoms with E-state index in [1.165, 1.54) is 0 Å².